The molecule has 0 heterocycles. The first-order valence-corrected chi connectivity index (χ1v) is 10.3. The van der Waals surface area contributed by atoms with Crippen LogP contribution in [0.2, 0.25) is 0 Å². The van der Waals surface area contributed by atoms with Crippen molar-refractivity contribution in [3.63, 3.8) is 0 Å². The van der Waals surface area contributed by atoms with Crippen molar-refractivity contribution in [3.8, 4) is 11.5 Å². The monoisotopic (exact) mass is 443 g/mol. The first kappa shape index (κ1) is 24.6. The molecule has 32 heavy (non-hydrogen) atoms. The molecule has 2 aromatic carbocycles. The van der Waals surface area contributed by atoms with Gasteiger partial charge in [-0.3, -0.25) is 19.7 Å². The summed E-state index contributed by atoms with van der Waals surface area (Å²) >= 11 is 0. The van der Waals surface area contributed by atoms with E-state index in [1.165, 1.54) is 30.2 Å². The highest BCUT2D eigenvalue weighted by Crippen LogP contribution is 2.30. The van der Waals surface area contributed by atoms with E-state index in [1.807, 2.05) is 44.2 Å². The highest BCUT2D eigenvalue weighted by Gasteiger charge is 2.26. The third-order valence-electron chi connectivity index (χ3n) is 4.76. The Morgan fingerprint density at radius 2 is 1.81 bits per heavy atom. The van der Waals surface area contributed by atoms with E-state index in [0.717, 1.165) is 5.56 Å². The van der Waals surface area contributed by atoms with E-state index in [-0.39, 0.29) is 42.2 Å². The highest BCUT2D eigenvalue weighted by molar-refractivity contribution is 5.88. The van der Waals surface area contributed by atoms with Crippen molar-refractivity contribution in [2.75, 3.05) is 20.3 Å². The van der Waals surface area contributed by atoms with Crippen LogP contribution in [0.15, 0.2) is 48.5 Å². The van der Waals surface area contributed by atoms with Crippen LogP contribution < -0.4 is 14.8 Å². The molecule has 0 aliphatic heterocycles. The Bertz CT molecular complexity index is 933. The highest BCUT2D eigenvalue weighted by atomic mass is 16.6. The summed E-state index contributed by atoms with van der Waals surface area (Å²) in [5.41, 5.74) is 0.675. The molecular formula is C23H29N3O6. The Labute approximate surface area is 187 Å². The summed E-state index contributed by atoms with van der Waals surface area (Å²) in [5.74, 6) is -0.0804. The second-order valence-electron chi connectivity index (χ2n) is 7.70. The Hall–Kier alpha value is -3.62. The molecular weight excluding hydrogens is 414 g/mol. The predicted molar refractivity (Wildman–Crippen MR) is 119 cm³/mol. The molecule has 0 aliphatic rings. The number of hydrogen-bond donors (Lipinski definition) is 1. The van der Waals surface area contributed by atoms with E-state index in [9.17, 15) is 19.7 Å². The first-order chi connectivity index (χ1) is 15.2. The van der Waals surface area contributed by atoms with Crippen molar-refractivity contribution in [1.82, 2.24) is 10.2 Å². The number of nitrogens with zero attached hydrogens (tertiary/aromatic N) is 2. The summed E-state index contributed by atoms with van der Waals surface area (Å²) in [6, 6.07) is 12.6. The molecule has 2 amide bonds. The summed E-state index contributed by atoms with van der Waals surface area (Å²) < 4.78 is 10.6. The second-order valence-corrected chi connectivity index (χ2v) is 7.70. The van der Waals surface area contributed by atoms with E-state index in [4.69, 9.17) is 9.47 Å². The third-order valence-corrected chi connectivity index (χ3v) is 4.76. The molecule has 0 aromatic heterocycles. The van der Waals surface area contributed by atoms with E-state index in [0.29, 0.717) is 6.54 Å². The molecule has 0 fully saturated rings. The molecule has 0 spiro atoms. The molecule has 1 atom stereocenters. The number of carbonyl (C=O) groups is 2. The van der Waals surface area contributed by atoms with Gasteiger partial charge < -0.3 is 19.7 Å². The minimum absolute atomic E-state index is 0.0301. The number of benzene rings is 2. The molecule has 0 saturated heterocycles. The average Bonchev–Trinajstić information content (AvgIpc) is 2.79. The lowest BCUT2D eigenvalue weighted by molar-refractivity contribution is -0.385. The van der Waals surface area contributed by atoms with Gasteiger partial charge in [0.15, 0.2) is 6.61 Å². The fourth-order valence-electron chi connectivity index (χ4n) is 2.94. The van der Waals surface area contributed by atoms with Crippen LogP contribution in [-0.2, 0) is 16.1 Å². The fourth-order valence-corrected chi connectivity index (χ4v) is 2.94. The number of amides is 2. The van der Waals surface area contributed by atoms with Crippen molar-refractivity contribution in [2.24, 2.45) is 5.92 Å². The lowest BCUT2D eigenvalue weighted by Crippen LogP contribution is -2.49. The molecule has 0 radical (unpaired) electrons. The SMILES string of the molecule is COc1cc(OCC(=O)N(Cc2ccccc2)C(C)C(=O)NCC(C)C)ccc1[N+](=O)[O-]. The van der Waals surface area contributed by atoms with Gasteiger partial charge in [-0.25, -0.2) is 0 Å². The van der Waals surface area contributed by atoms with Gasteiger partial charge >= 0.3 is 5.69 Å². The third kappa shape index (κ3) is 6.97. The molecule has 0 aliphatic carbocycles. The Balaban J connectivity index is 2.15. The first-order valence-electron chi connectivity index (χ1n) is 10.3. The van der Waals surface area contributed by atoms with Crippen LogP contribution in [-0.4, -0.2) is 47.9 Å². The van der Waals surface area contributed by atoms with Crippen LogP contribution in [0.3, 0.4) is 0 Å². The smallest absolute Gasteiger partial charge is 0.311 e. The number of methoxy groups -OCH3 is 1. The van der Waals surface area contributed by atoms with Crippen LogP contribution in [0, 0.1) is 16.0 Å². The molecule has 2 rings (SSSR count). The van der Waals surface area contributed by atoms with Gasteiger partial charge in [0.25, 0.3) is 5.91 Å². The van der Waals surface area contributed by atoms with Crippen LogP contribution >= 0.6 is 0 Å². The summed E-state index contributed by atoms with van der Waals surface area (Å²) in [6.45, 7) is 6.06. The molecule has 1 unspecified atom stereocenters. The van der Waals surface area contributed by atoms with E-state index >= 15 is 0 Å². The van der Waals surface area contributed by atoms with Crippen LogP contribution in [0.4, 0.5) is 5.69 Å². The molecule has 2 aromatic rings. The Morgan fingerprint density at radius 1 is 1.12 bits per heavy atom. The quantitative estimate of drug-likeness (QED) is 0.422. The normalized spacial score (nSPS) is 11.5. The molecule has 9 nitrogen and oxygen atoms in total. The van der Waals surface area contributed by atoms with Gasteiger partial charge in [0.2, 0.25) is 11.7 Å². The van der Waals surface area contributed by atoms with Crippen LogP contribution in [0.25, 0.3) is 0 Å². The number of carbonyl (C=O) groups excluding carboxylic acids is 2. The van der Waals surface area contributed by atoms with E-state index < -0.39 is 16.9 Å². The summed E-state index contributed by atoms with van der Waals surface area (Å²) in [4.78, 5) is 37.6. The van der Waals surface area contributed by atoms with Gasteiger partial charge in [0.05, 0.1) is 12.0 Å². The number of nitrogens with one attached hydrogen (secondary N) is 1. The van der Waals surface area contributed by atoms with Gasteiger partial charge in [-0.2, -0.15) is 0 Å². The van der Waals surface area contributed by atoms with Crippen molar-refractivity contribution in [3.05, 3.63) is 64.2 Å². The summed E-state index contributed by atoms with van der Waals surface area (Å²) in [6.07, 6.45) is 0. The lowest BCUT2D eigenvalue weighted by Gasteiger charge is -2.29. The van der Waals surface area contributed by atoms with Gasteiger partial charge in [-0.15, -0.1) is 0 Å². The summed E-state index contributed by atoms with van der Waals surface area (Å²) in [7, 11) is 1.32. The maximum absolute atomic E-state index is 13.0. The Morgan fingerprint density at radius 3 is 2.41 bits per heavy atom. The number of rotatable bonds is 11. The van der Waals surface area contributed by atoms with Crippen molar-refractivity contribution < 1.29 is 24.0 Å². The topological polar surface area (TPSA) is 111 Å². The Kier molecular flexibility index (Phi) is 9.00. The largest absolute Gasteiger partial charge is 0.490 e. The molecule has 9 heteroatoms. The van der Waals surface area contributed by atoms with Crippen LogP contribution in [0.5, 0.6) is 11.5 Å². The van der Waals surface area contributed by atoms with Crippen molar-refractivity contribution in [2.45, 2.75) is 33.4 Å². The van der Waals surface area contributed by atoms with Gasteiger partial charge in [-0.05, 0) is 24.5 Å². The summed E-state index contributed by atoms with van der Waals surface area (Å²) in [5, 5.41) is 13.9. The van der Waals surface area contributed by atoms with Crippen molar-refractivity contribution in [1.29, 1.82) is 0 Å². The van der Waals surface area contributed by atoms with Gasteiger partial charge in [0.1, 0.15) is 11.8 Å². The molecule has 0 saturated carbocycles. The van der Waals surface area contributed by atoms with Gasteiger partial charge in [0, 0.05) is 25.2 Å². The molecule has 172 valence electrons. The standard InChI is InChI=1S/C23H29N3O6/c1-16(2)13-24-23(28)17(3)25(14-18-8-6-5-7-9-18)22(27)15-32-19-10-11-20(26(29)30)21(12-19)31-4/h5-12,16-17H,13-15H2,1-4H3,(H,24,28). The number of nitro groups is 1. The average molecular weight is 444 g/mol. The number of hydrogen-bond acceptors (Lipinski definition) is 6. The van der Waals surface area contributed by atoms with E-state index in [2.05, 4.69) is 5.32 Å². The zero-order valence-corrected chi connectivity index (χ0v) is 18.7. The van der Waals surface area contributed by atoms with Crippen molar-refractivity contribution >= 4 is 17.5 Å². The second kappa shape index (κ2) is 11.7. The predicted octanol–water partition coefficient (Wildman–Crippen LogP) is 3.17. The minimum atomic E-state index is -0.712. The zero-order chi connectivity index (χ0) is 23.7. The fraction of sp³-hybridized carbons (Fsp3) is 0.391. The van der Waals surface area contributed by atoms with Gasteiger partial charge in [-0.1, -0.05) is 44.2 Å². The maximum atomic E-state index is 13.0. The molecule has 0 bridgehead atoms. The zero-order valence-electron chi connectivity index (χ0n) is 18.7. The number of nitro benzene ring substituents is 1. The lowest BCUT2D eigenvalue weighted by atomic mass is 10.1. The minimum Gasteiger partial charge on any atom is -0.490 e. The maximum Gasteiger partial charge on any atom is 0.311 e. The number of ether oxygens (including phenoxy) is 2. The van der Waals surface area contributed by atoms with Crippen LogP contribution in [0.1, 0.15) is 26.3 Å². The van der Waals surface area contributed by atoms with E-state index in [1.54, 1.807) is 6.92 Å². The molecule has 1 N–H and O–H groups in total.